The second-order valence-corrected chi connectivity index (χ2v) is 8.85. The van der Waals surface area contributed by atoms with E-state index in [1.165, 1.54) is 5.56 Å². The number of hydrogen-bond acceptors (Lipinski definition) is 4. The number of hydrogen-bond donors (Lipinski definition) is 1. The SMILES string of the molecule is COc1cc(/C=C(\C#N)C(=O)Nc2cccc(C)c2C)cc(I)c1OCc1cccc(C)c1. The normalized spacial score (nSPS) is 11.0. The summed E-state index contributed by atoms with van der Waals surface area (Å²) in [6, 6.07) is 19.4. The maximum atomic E-state index is 12.7. The maximum Gasteiger partial charge on any atom is 0.266 e. The van der Waals surface area contributed by atoms with Gasteiger partial charge >= 0.3 is 0 Å². The first-order valence-corrected chi connectivity index (χ1v) is 11.5. The predicted octanol–water partition coefficient (Wildman–Crippen LogP) is 6.35. The zero-order valence-electron chi connectivity index (χ0n) is 19.0. The molecule has 33 heavy (non-hydrogen) atoms. The Hall–Kier alpha value is -3.31. The third-order valence-electron chi connectivity index (χ3n) is 5.25. The number of nitrogens with one attached hydrogen (secondary N) is 1. The Morgan fingerprint density at radius 2 is 1.88 bits per heavy atom. The van der Waals surface area contributed by atoms with Crippen molar-refractivity contribution < 1.29 is 14.3 Å². The van der Waals surface area contributed by atoms with Crippen LogP contribution in [-0.4, -0.2) is 13.0 Å². The molecule has 3 aromatic rings. The summed E-state index contributed by atoms with van der Waals surface area (Å²) >= 11 is 2.17. The zero-order valence-corrected chi connectivity index (χ0v) is 21.2. The van der Waals surface area contributed by atoms with Crippen LogP contribution in [0.3, 0.4) is 0 Å². The standard InChI is InChI=1S/C27H25IN2O3/c1-17-7-5-9-20(11-17)16-33-26-23(28)13-21(14-25(26)32-4)12-22(15-29)27(31)30-24-10-6-8-18(2)19(24)3/h5-14H,16H2,1-4H3,(H,30,31)/b22-12+. The average molecular weight is 552 g/mol. The summed E-state index contributed by atoms with van der Waals surface area (Å²) in [6.07, 6.45) is 1.55. The third-order valence-corrected chi connectivity index (χ3v) is 6.05. The van der Waals surface area contributed by atoms with Crippen molar-refractivity contribution in [1.82, 2.24) is 0 Å². The Morgan fingerprint density at radius 3 is 2.58 bits per heavy atom. The molecule has 0 aliphatic rings. The van der Waals surface area contributed by atoms with E-state index < -0.39 is 5.91 Å². The van der Waals surface area contributed by atoms with Crippen LogP contribution in [-0.2, 0) is 11.4 Å². The zero-order chi connectivity index (χ0) is 24.0. The van der Waals surface area contributed by atoms with Crippen molar-refractivity contribution in [2.75, 3.05) is 12.4 Å². The summed E-state index contributed by atoms with van der Waals surface area (Å²) in [7, 11) is 1.57. The molecule has 0 bridgehead atoms. The molecule has 0 saturated carbocycles. The van der Waals surface area contributed by atoms with Crippen LogP contribution in [0.4, 0.5) is 5.69 Å². The molecule has 1 N–H and O–H groups in total. The van der Waals surface area contributed by atoms with Crippen LogP contribution in [0.25, 0.3) is 6.08 Å². The van der Waals surface area contributed by atoms with E-state index >= 15 is 0 Å². The Bertz CT molecular complexity index is 1260. The summed E-state index contributed by atoms with van der Waals surface area (Å²) in [6.45, 7) is 6.36. The minimum absolute atomic E-state index is 0.00203. The lowest BCUT2D eigenvalue weighted by molar-refractivity contribution is -0.112. The van der Waals surface area contributed by atoms with Crippen LogP contribution in [0.1, 0.15) is 27.8 Å². The van der Waals surface area contributed by atoms with Crippen LogP contribution in [0.15, 0.2) is 60.2 Å². The molecular weight excluding hydrogens is 527 g/mol. The van der Waals surface area contributed by atoms with Crippen LogP contribution < -0.4 is 14.8 Å². The van der Waals surface area contributed by atoms with Crippen molar-refractivity contribution in [3.8, 4) is 17.6 Å². The molecule has 0 unspecified atom stereocenters. The summed E-state index contributed by atoms with van der Waals surface area (Å²) in [5, 5.41) is 12.4. The van der Waals surface area contributed by atoms with Crippen LogP contribution in [0.5, 0.6) is 11.5 Å². The van der Waals surface area contributed by atoms with Crippen molar-refractivity contribution in [2.24, 2.45) is 0 Å². The summed E-state index contributed by atoms with van der Waals surface area (Å²) in [4.78, 5) is 12.7. The van der Waals surface area contributed by atoms with Gasteiger partial charge in [-0.3, -0.25) is 4.79 Å². The predicted molar refractivity (Wildman–Crippen MR) is 139 cm³/mol. The van der Waals surface area contributed by atoms with Gasteiger partial charge in [-0.25, -0.2) is 0 Å². The first-order valence-electron chi connectivity index (χ1n) is 10.4. The number of amides is 1. The molecule has 168 valence electrons. The molecule has 3 rings (SSSR count). The molecule has 0 saturated heterocycles. The van der Waals surface area contributed by atoms with Gasteiger partial charge in [0.2, 0.25) is 0 Å². The van der Waals surface area contributed by atoms with Crippen molar-refractivity contribution in [3.63, 3.8) is 0 Å². The second kappa shape index (κ2) is 11.0. The van der Waals surface area contributed by atoms with Crippen molar-refractivity contribution in [2.45, 2.75) is 27.4 Å². The van der Waals surface area contributed by atoms with Crippen molar-refractivity contribution >= 4 is 40.3 Å². The van der Waals surface area contributed by atoms with Gasteiger partial charge in [-0.2, -0.15) is 5.26 Å². The average Bonchev–Trinajstić information content (AvgIpc) is 2.79. The molecular formula is C27H25IN2O3. The molecule has 0 aliphatic heterocycles. The number of carbonyl (C=O) groups is 1. The minimum atomic E-state index is -0.458. The molecule has 0 atom stereocenters. The Kier molecular flexibility index (Phi) is 8.12. The number of ether oxygens (including phenoxy) is 2. The van der Waals surface area contributed by atoms with Gasteiger partial charge in [-0.15, -0.1) is 0 Å². The number of carbonyl (C=O) groups excluding carboxylic acids is 1. The summed E-state index contributed by atoms with van der Waals surface area (Å²) < 4.78 is 12.4. The van der Waals surface area contributed by atoms with E-state index in [1.807, 2.05) is 69.3 Å². The highest BCUT2D eigenvalue weighted by molar-refractivity contribution is 14.1. The number of nitrogens with zero attached hydrogens (tertiary/aromatic N) is 1. The minimum Gasteiger partial charge on any atom is -0.493 e. The molecule has 0 aromatic heterocycles. The van der Waals surface area contributed by atoms with Crippen LogP contribution in [0.2, 0.25) is 0 Å². The Balaban J connectivity index is 1.84. The van der Waals surface area contributed by atoms with E-state index in [2.05, 4.69) is 34.0 Å². The number of aryl methyl sites for hydroxylation is 2. The van der Waals surface area contributed by atoms with Gasteiger partial charge in [0.15, 0.2) is 11.5 Å². The van der Waals surface area contributed by atoms with Gasteiger partial charge in [0.05, 0.1) is 10.7 Å². The summed E-state index contributed by atoms with van der Waals surface area (Å²) in [5.41, 5.74) is 5.63. The first kappa shape index (κ1) is 24.3. The number of rotatable bonds is 7. The fraction of sp³-hybridized carbons (Fsp3) is 0.185. The molecule has 6 heteroatoms. The van der Waals surface area contributed by atoms with Gasteiger partial charge in [-0.05, 0) is 89.9 Å². The lowest BCUT2D eigenvalue weighted by Gasteiger charge is -2.14. The molecule has 0 spiro atoms. The highest BCUT2D eigenvalue weighted by Crippen LogP contribution is 2.35. The topological polar surface area (TPSA) is 71.3 Å². The monoisotopic (exact) mass is 552 g/mol. The number of halogens is 1. The van der Waals surface area contributed by atoms with Gasteiger partial charge in [0.1, 0.15) is 18.2 Å². The Labute approximate surface area is 208 Å². The molecule has 0 aliphatic carbocycles. The first-order chi connectivity index (χ1) is 15.8. The number of nitriles is 1. The van der Waals surface area contributed by atoms with Crippen LogP contribution in [0, 0.1) is 35.7 Å². The van der Waals surface area contributed by atoms with Gasteiger partial charge in [-0.1, -0.05) is 42.0 Å². The fourth-order valence-electron chi connectivity index (χ4n) is 3.31. The molecule has 0 heterocycles. The molecule has 1 amide bonds. The van der Waals surface area contributed by atoms with Crippen molar-refractivity contribution in [3.05, 3.63) is 91.6 Å². The number of anilines is 1. The van der Waals surface area contributed by atoms with E-state index in [-0.39, 0.29) is 5.57 Å². The molecule has 5 nitrogen and oxygen atoms in total. The largest absolute Gasteiger partial charge is 0.493 e. The van der Waals surface area contributed by atoms with Crippen molar-refractivity contribution in [1.29, 1.82) is 5.26 Å². The molecule has 0 fully saturated rings. The fourth-order valence-corrected chi connectivity index (χ4v) is 4.09. The number of benzene rings is 3. The molecule has 0 radical (unpaired) electrons. The highest BCUT2D eigenvalue weighted by Gasteiger charge is 2.15. The van der Waals surface area contributed by atoms with Gasteiger partial charge < -0.3 is 14.8 Å². The second-order valence-electron chi connectivity index (χ2n) is 7.68. The highest BCUT2D eigenvalue weighted by atomic mass is 127. The Morgan fingerprint density at radius 1 is 1.12 bits per heavy atom. The quantitative estimate of drug-likeness (QED) is 0.211. The van der Waals surface area contributed by atoms with E-state index in [1.54, 1.807) is 19.3 Å². The van der Waals surface area contributed by atoms with E-state index in [0.29, 0.717) is 29.4 Å². The summed E-state index contributed by atoms with van der Waals surface area (Å²) in [5.74, 6) is 0.697. The third kappa shape index (κ3) is 6.14. The van der Waals surface area contributed by atoms with Gasteiger partial charge in [0.25, 0.3) is 5.91 Å². The maximum absolute atomic E-state index is 12.7. The van der Waals surface area contributed by atoms with E-state index in [9.17, 15) is 10.1 Å². The van der Waals surface area contributed by atoms with E-state index in [0.717, 1.165) is 20.3 Å². The molecule has 3 aromatic carbocycles. The lowest BCUT2D eigenvalue weighted by atomic mass is 10.1. The van der Waals surface area contributed by atoms with Gasteiger partial charge in [0, 0.05) is 5.69 Å². The smallest absolute Gasteiger partial charge is 0.266 e. The lowest BCUT2D eigenvalue weighted by Crippen LogP contribution is -2.14. The number of methoxy groups -OCH3 is 1. The van der Waals surface area contributed by atoms with Crippen LogP contribution >= 0.6 is 22.6 Å². The van der Waals surface area contributed by atoms with E-state index in [4.69, 9.17) is 9.47 Å².